The minimum Gasteiger partial charge on any atom is -0.370 e. The Morgan fingerprint density at radius 2 is 1.97 bits per heavy atom. The van der Waals surface area contributed by atoms with Gasteiger partial charge in [-0.1, -0.05) is 0 Å². The van der Waals surface area contributed by atoms with E-state index in [1.165, 1.54) is 18.5 Å². The summed E-state index contributed by atoms with van der Waals surface area (Å²) in [6, 6.07) is 6.89. The van der Waals surface area contributed by atoms with Gasteiger partial charge in [0, 0.05) is 49.1 Å². The average Bonchev–Trinajstić information content (AvgIpc) is 3.14. The molecular formula is C22H23F2N7. The molecule has 0 aliphatic carbocycles. The van der Waals surface area contributed by atoms with Crippen LogP contribution in [0.25, 0.3) is 21.8 Å². The lowest BCUT2D eigenvalue weighted by molar-refractivity contribution is 0.449. The summed E-state index contributed by atoms with van der Waals surface area (Å²) >= 11 is 0. The fraction of sp³-hybridized carbons (Fsp3) is 0.318. The van der Waals surface area contributed by atoms with Gasteiger partial charge in [-0.3, -0.25) is 4.68 Å². The zero-order valence-corrected chi connectivity index (χ0v) is 17.4. The van der Waals surface area contributed by atoms with Crippen LogP contribution in [0, 0.1) is 11.6 Å². The SMILES string of the molecule is CNC1CCCN(c2cc(F)c3c(Nc4cc(F)c5nn(C)cc5c4)ncnc3c2)C1. The number of halogens is 2. The average molecular weight is 423 g/mol. The molecule has 0 bridgehead atoms. The number of hydrogen-bond donors (Lipinski definition) is 2. The van der Waals surface area contributed by atoms with Gasteiger partial charge in [0.1, 0.15) is 23.5 Å². The van der Waals surface area contributed by atoms with Gasteiger partial charge in [-0.15, -0.1) is 0 Å². The molecule has 0 amide bonds. The lowest BCUT2D eigenvalue weighted by atomic mass is 10.0. The predicted octanol–water partition coefficient (Wildman–Crippen LogP) is 3.73. The van der Waals surface area contributed by atoms with E-state index in [4.69, 9.17) is 0 Å². The van der Waals surface area contributed by atoms with Crippen LogP contribution in [-0.4, -0.2) is 45.9 Å². The van der Waals surface area contributed by atoms with Crippen LogP contribution >= 0.6 is 0 Å². The van der Waals surface area contributed by atoms with Crippen LogP contribution in [0.3, 0.4) is 0 Å². The van der Waals surface area contributed by atoms with E-state index in [9.17, 15) is 4.39 Å². The molecule has 0 spiro atoms. The second-order valence-electron chi connectivity index (χ2n) is 7.94. The van der Waals surface area contributed by atoms with E-state index in [0.29, 0.717) is 28.5 Å². The summed E-state index contributed by atoms with van der Waals surface area (Å²) in [5.41, 5.74) is 2.06. The van der Waals surface area contributed by atoms with Crippen molar-refractivity contribution in [2.45, 2.75) is 18.9 Å². The molecule has 160 valence electrons. The standard InChI is InChI=1S/C22H23F2N7/c1-25-14-4-3-5-31(11-14)16-8-17(23)20-19(9-16)26-12-27-22(20)28-15-6-13-10-30(2)29-21(13)18(24)7-15/h6-10,12,14,25H,3-5,11H2,1-2H3,(H,26,27,28). The Morgan fingerprint density at radius 3 is 2.81 bits per heavy atom. The second-order valence-corrected chi connectivity index (χ2v) is 7.94. The van der Waals surface area contributed by atoms with Crippen molar-refractivity contribution < 1.29 is 8.78 Å². The highest BCUT2D eigenvalue weighted by molar-refractivity contribution is 5.94. The molecule has 2 aromatic carbocycles. The van der Waals surface area contributed by atoms with Crippen molar-refractivity contribution in [2.75, 3.05) is 30.4 Å². The number of rotatable bonds is 4. The third kappa shape index (κ3) is 3.65. The van der Waals surface area contributed by atoms with Crippen molar-refractivity contribution in [1.82, 2.24) is 25.1 Å². The van der Waals surface area contributed by atoms with Crippen LogP contribution < -0.4 is 15.5 Å². The molecule has 3 heterocycles. The number of nitrogens with one attached hydrogen (secondary N) is 2. The van der Waals surface area contributed by atoms with Crippen LogP contribution in [0.1, 0.15) is 12.8 Å². The van der Waals surface area contributed by atoms with Gasteiger partial charge >= 0.3 is 0 Å². The maximum Gasteiger partial charge on any atom is 0.153 e. The van der Waals surface area contributed by atoms with E-state index >= 15 is 4.39 Å². The first-order valence-electron chi connectivity index (χ1n) is 10.3. The van der Waals surface area contributed by atoms with E-state index in [2.05, 4.69) is 30.6 Å². The van der Waals surface area contributed by atoms with Gasteiger partial charge in [-0.2, -0.15) is 5.10 Å². The van der Waals surface area contributed by atoms with E-state index in [-0.39, 0.29) is 10.9 Å². The summed E-state index contributed by atoms with van der Waals surface area (Å²) in [6.07, 6.45) is 5.27. The van der Waals surface area contributed by atoms with Crippen molar-refractivity contribution in [2.24, 2.45) is 7.05 Å². The van der Waals surface area contributed by atoms with Gasteiger partial charge in [-0.25, -0.2) is 18.7 Å². The normalized spacial score (nSPS) is 16.9. The van der Waals surface area contributed by atoms with Crippen LogP contribution in [0.2, 0.25) is 0 Å². The number of anilines is 3. The monoisotopic (exact) mass is 423 g/mol. The van der Waals surface area contributed by atoms with Crippen molar-refractivity contribution >= 4 is 39.0 Å². The summed E-state index contributed by atoms with van der Waals surface area (Å²) in [7, 11) is 3.69. The number of hydrogen-bond acceptors (Lipinski definition) is 6. The Balaban J connectivity index is 1.51. The van der Waals surface area contributed by atoms with Crippen molar-refractivity contribution in [3.63, 3.8) is 0 Å². The lowest BCUT2D eigenvalue weighted by Crippen LogP contribution is -2.44. The predicted molar refractivity (Wildman–Crippen MR) is 118 cm³/mol. The largest absolute Gasteiger partial charge is 0.370 e. The molecular weight excluding hydrogens is 400 g/mol. The first-order valence-corrected chi connectivity index (χ1v) is 10.3. The molecule has 2 aromatic heterocycles. The van der Waals surface area contributed by atoms with Crippen LogP contribution in [0.15, 0.2) is 36.8 Å². The molecule has 0 saturated carbocycles. The number of nitrogens with zero attached hydrogens (tertiary/aromatic N) is 5. The number of piperidine rings is 1. The molecule has 0 radical (unpaired) electrons. The van der Waals surface area contributed by atoms with Crippen LogP contribution in [0.4, 0.5) is 26.0 Å². The number of likely N-dealkylation sites (N-methyl/N-ethyl adjacent to an activating group) is 1. The van der Waals surface area contributed by atoms with Gasteiger partial charge in [-0.05, 0) is 44.2 Å². The van der Waals surface area contributed by atoms with Crippen LogP contribution in [-0.2, 0) is 7.05 Å². The van der Waals surface area contributed by atoms with Gasteiger partial charge in [0.15, 0.2) is 5.82 Å². The maximum absolute atomic E-state index is 15.2. The van der Waals surface area contributed by atoms with Gasteiger partial charge in [0.25, 0.3) is 0 Å². The topological polar surface area (TPSA) is 70.9 Å². The lowest BCUT2D eigenvalue weighted by Gasteiger charge is -2.34. The Labute approximate surface area is 178 Å². The molecule has 1 unspecified atom stereocenters. The number of benzene rings is 2. The van der Waals surface area contributed by atoms with Crippen molar-refractivity contribution in [3.05, 3.63) is 48.4 Å². The van der Waals surface area contributed by atoms with Gasteiger partial charge in [0.2, 0.25) is 0 Å². The fourth-order valence-electron chi connectivity index (χ4n) is 4.27. The van der Waals surface area contributed by atoms with Crippen LogP contribution in [0.5, 0.6) is 0 Å². The summed E-state index contributed by atoms with van der Waals surface area (Å²) in [6.45, 7) is 1.70. The van der Waals surface area contributed by atoms with E-state index in [1.807, 2.05) is 13.1 Å². The summed E-state index contributed by atoms with van der Waals surface area (Å²) in [5.74, 6) is -0.570. The summed E-state index contributed by atoms with van der Waals surface area (Å²) in [4.78, 5) is 10.7. The Morgan fingerprint density at radius 1 is 1.10 bits per heavy atom. The Hall–Kier alpha value is -3.33. The molecule has 1 aliphatic heterocycles. The number of aromatic nitrogens is 4. The third-order valence-corrected chi connectivity index (χ3v) is 5.81. The van der Waals surface area contributed by atoms with E-state index in [0.717, 1.165) is 31.6 Å². The van der Waals surface area contributed by atoms with Crippen molar-refractivity contribution in [3.8, 4) is 0 Å². The Bertz CT molecular complexity index is 1270. The first-order chi connectivity index (χ1) is 15.0. The highest BCUT2D eigenvalue weighted by Gasteiger charge is 2.21. The molecule has 7 nitrogen and oxygen atoms in total. The molecule has 2 N–H and O–H groups in total. The molecule has 1 saturated heterocycles. The number of aryl methyl sites for hydroxylation is 1. The maximum atomic E-state index is 15.2. The molecule has 1 aliphatic rings. The minimum absolute atomic E-state index is 0.278. The first kappa shape index (κ1) is 19.6. The Kier molecular flexibility index (Phi) is 4.90. The molecule has 1 atom stereocenters. The third-order valence-electron chi connectivity index (χ3n) is 5.81. The molecule has 9 heteroatoms. The van der Waals surface area contributed by atoms with E-state index < -0.39 is 11.6 Å². The molecule has 4 aromatic rings. The zero-order chi connectivity index (χ0) is 21.5. The van der Waals surface area contributed by atoms with Gasteiger partial charge < -0.3 is 15.5 Å². The fourth-order valence-corrected chi connectivity index (χ4v) is 4.27. The summed E-state index contributed by atoms with van der Waals surface area (Å²) in [5, 5.41) is 11.4. The van der Waals surface area contributed by atoms with Crippen molar-refractivity contribution in [1.29, 1.82) is 0 Å². The molecule has 5 rings (SSSR count). The molecule has 1 fully saturated rings. The minimum atomic E-state index is -0.453. The van der Waals surface area contributed by atoms with Gasteiger partial charge in [0.05, 0.1) is 10.9 Å². The highest BCUT2D eigenvalue weighted by atomic mass is 19.1. The molecule has 31 heavy (non-hydrogen) atoms. The van der Waals surface area contributed by atoms with E-state index in [1.54, 1.807) is 24.0 Å². The number of fused-ring (bicyclic) bond motifs is 2. The highest BCUT2D eigenvalue weighted by Crippen LogP contribution is 2.32. The quantitative estimate of drug-likeness (QED) is 0.521. The second kappa shape index (κ2) is 7.73. The summed E-state index contributed by atoms with van der Waals surface area (Å²) < 4.78 is 31.2. The zero-order valence-electron chi connectivity index (χ0n) is 17.4. The smallest absolute Gasteiger partial charge is 0.153 e.